The third-order valence-electron chi connectivity index (χ3n) is 3.48. The molecule has 1 saturated heterocycles. The lowest BCUT2D eigenvalue weighted by Crippen LogP contribution is -2.61. The van der Waals surface area contributed by atoms with E-state index < -0.39 is 0 Å². The van der Waals surface area contributed by atoms with Crippen LogP contribution in [0.5, 0.6) is 0 Å². The fourth-order valence-electron chi connectivity index (χ4n) is 2.69. The molecule has 3 unspecified atom stereocenters. The number of hydrogen-bond donors (Lipinski definition) is 3. The fourth-order valence-corrected chi connectivity index (χ4v) is 2.69. The fraction of sp³-hybridized carbons (Fsp3) is 0.900. The second-order valence-corrected chi connectivity index (χ2v) is 4.43. The van der Waals surface area contributed by atoms with E-state index >= 15 is 0 Å². The van der Waals surface area contributed by atoms with E-state index in [1.807, 2.05) is 0 Å². The molecule has 4 N–H and O–H groups in total. The van der Waals surface area contributed by atoms with Gasteiger partial charge in [-0.1, -0.05) is 0 Å². The highest BCUT2D eigenvalue weighted by Crippen LogP contribution is 2.26. The smallest absolute Gasteiger partial charge is 0.236 e. The van der Waals surface area contributed by atoms with Crippen LogP contribution in [0.15, 0.2) is 0 Å². The van der Waals surface area contributed by atoms with E-state index in [1.54, 1.807) is 0 Å². The molecule has 2 aliphatic rings. The monoisotopic (exact) mass is 213 g/mol. The van der Waals surface area contributed by atoms with Crippen LogP contribution >= 0.6 is 0 Å². The van der Waals surface area contributed by atoms with Gasteiger partial charge in [0.1, 0.15) is 6.04 Å². The lowest BCUT2D eigenvalue weighted by molar-refractivity contribution is -0.125. The predicted octanol–water partition coefficient (Wildman–Crippen LogP) is -1.34. The zero-order chi connectivity index (χ0) is 10.8. The van der Waals surface area contributed by atoms with Gasteiger partial charge in [0.2, 0.25) is 5.91 Å². The van der Waals surface area contributed by atoms with Crippen LogP contribution < -0.4 is 11.1 Å². The van der Waals surface area contributed by atoms with Crippen LogP contribution in [-0.4, -0.2) is 53.7 Å². The highest BCUT2D eigenvalue weighted by atomic mass is 16.3. The Labute approximate surface area is 89.6 Å². The highest BCUT2D eigenvalue weighted by molar-refractivity contribution is 5.80. The summed E-state index contributed by atoms with van der Waals surface area (Å²) in [5.74, 6) is -0.290. The minimum absolute atomic E-state index is 0.129. The van der Waals surface area contributed by atoms with Gasteiger partial charge in [-0.25, -0.2) is 0 Å². The number of aliphatic hydroxyl groups excluding tert-OH is 1. The normalized spacial score (nSPS) is 38.1. The molecular weight excluding hydrogens is 194 g/mol. The van der Waals surface area contributed by atoms with Gasteiger partial charge in [0, 0.05) is 25.7 Å². The molecule has 1 aliphatic heterocycles. The summed E-state index contributed by atoms with van der Waals surface area (Å²) in [5, 5.41) is 13.0. The number of hydrogen-bond acceptors (Lipinski definition) is 4. The van der Waals surface area contributed by atoms with Gasteiger partial charge in [-0.15, -0.1) is 0 Å². The molecule has 0 aromatic carbocycles. The number of piperazine rings is 1. The standard InChI is InChI=1S/C10H19N3O2/c11-10(15)8-6-12-4-5-13(8)7-2-1-3-9(7)14/h7-9,12,14H,1-6H2,(H2,11,15). The molecule has 0 aromatic heterocycles. The SMILES string of the molecule is NC(=O)C1CNCCN1C1CCCC1O. The van der Waals surface area contributed by atoms with Crippen molar-refractivity contribution in [2.75, 3.05) is 19.6 Å². The molecule has 2 rings (SSSR count). The lowest BCUT2D eigenvalue weighted by atomic mass is 10.1. The third-order valence-corrected chi connectivity index (χ3v) is 3.48. The predicted molar refractivity (Wildman–Crippen MR) is 56.2 cm³/mol. The average Bonchev–Trinajstić information content (AvgIpc) is 2.64. The van der Waals surface area contributed by atoms with Crippen molar-refractivity contribution in [2.45, 2.75) is 37.5 Å². The second kappa shape index (κ2) is 4.47. The highest BCUT2D eigenvalue weighted by Gasteiger charge is 2.37. The molecule has 0 radical (unpaired) electrons. The van der Waals surface area contributed by atoms with Gasteiger partial charge >= 0.3 is 0 Å². The summed E-state index contributed by atoms with van der Waals surface area (Å²) < 4.78 is 0. The van der Waals surface area contributed by atoms with Gasteiger partial charge < -0.3 is 16.2 Å². The molecule has 1 aliphatic carbocycles. The zero-order valence-corrected chi connectivity index (χ0v) is 8.85. The summed E-state index contributed by atoms with van der Waals surface area (Å²) >= 11 is 0. The number of aliphatic hydroxyl groups is 1. The van der Waals surface area contributed by atoms with E-state index in [9.17, 15) is 9.90 Å². The van der Waals surface area contributed by atoms with Crippen molar-refractivity contribution >= 4 is 5.91 Å². The number of nitrogens with zero attached hydrogens (tertiary/aromatic N) is 1. The number of rotatable bonds is 2. The molecule has 1 heterocycles. The Morgan fingerprint density at radius 1 is 1.47 bits per heavy atom. The Hall–Kier alpha value is -0.650. The minimum atomic E-state index is -0.290. The number of nitrogens with one attached hydrogen (secondary N) is 1. The van der Waals surface area contributed by atoms with Crippen LogP contribution in [0.4, 0.5) is 0 Å². The zero-order valence-electron chi connectivity index (χ0n) is 8.85. The number of carbonyl (C=O) groups excluding carboxylic acids is 1. The van der Waals surface area contributed by atoms with E-state index in [4.69, 9.17) is 5.73 Å². The maximum atomic E-state index is 11.3. The van der Waals surface area contributed by atoms with Gasteiger partial charge in [-0.3, -0.25) is 9.69 Å². The van der Waals surface area contributed by atoms with Crippen molar-refractivity contribution in [1.82, 2.24) is 10.2 Å². The van der Waals surface area contributed by atoms with Gasteiger partial charge in [-0.2, -0.15) is 0 Å². The maximum Gasteiger partial charge on any atom is 0.236 e. The molecule has 1 amide bonds. The van der Waals surface area contributed by atoms with Crippen molar-refractivity contribution in [2.24, 2.45) is 5.73 Å². The van der Waals surface area contributed by atoms with Gasteiger partial charge in [0.15, 0.2) is 0 Å². The molecule has 86 valence electrons. The summed E-state index contributed by atoms with van der Waals surface area (Å²) in [6.07, 6.45) is 2.58. The van der Waals surface area contributed by atoms with Crippen molar-refractivity contribution < 1.29 is 9.90 Å². The summed E-state index contributed by atoms with van der Waals surface area (Å²) in [7, 11) is 0. The molecule has 1 saturated carbocycles. The second-order valence-electron chi connectivity index (χ2n) is 4.43. The first-order valence-electron chi connectivity index (χ1n) is 5.64. The molecule has 5 nitrogen and oxygen atoms in total. The van der Waals surface area contributed by atoms with Crippen LogP contribution in [-0.2, 0) is 4.79 Å². The molecule has 0 bridgehead atoms. The summed E-state index contributed by atoms with van der Waals surface area (Å²) in [6, 6.07) is -0.124. The van der Waals surface area contributed by atoms with Gasteiger partial charge in [0.05, 0.1) is 6.10 Å². The first-order chi connectivity index (χ1) is 7.20. The molecule has 5 heteroatoms. The molecule has 3 atom stereocenters. The molecule has 0 aromatic rings. The van der Waals surface area contributed by atoms with E-state index in [0.717, 1.165) is 32.4 Å². The Kier molecular flexibility index (Phi) is 3.23. The molecular formula is C10H19N3O2. The molecule has 15 heavy (non-hydrogen) atoms. The quantitative estimate of drug-likeness (QED) is 0.530. The van der Waals surface area contributed by atoms with E-state index in [2.05, 4.69) is 10.2 Å². The third kappa shape index (κ3) is 2.14. The summed E-state index contributed by atoms with van der Waals surface area (Å²) in [5.41, 5.74) is 5.37. The largest absolute Gasteiger partial charge is 0.391 e. The topological polar surface area (TPSA) is 78.6 Å². The number of primary amides is 1. The minimum Gasteiger partial charge on any atom is -0.391 e. The Morgan fingerprint density at radius 3 is 2.87 bits per heavy atom. The van der Waals surface area contributed by atoms with Gasteiger partial charge in [-0.05, 0) is 19.3 Å². The van der Waals surface area contributed by atoms with E-state index in [0.29, 0.717) is 6.54 Å². The first-order valence-corrected chi connectivity index (χ1v) is 5.64. The number of carbonyl (C=O) groups is 1. The summed E-state index contributed by atoms with van der Waals surface area (Å²) in [4.78, 5) is 13.4. The Bertz CT molecular complexity index is 247. The Balaban J connectivity index is 2.06. The lowest BCUT2D eigenvalue weighted by Gasteiger charge is -2.39. The molecule has 2 fully saturated rings. The van der Waals surface area contributed by atoms with E-state index in [1.165, 1.54) is 0 Å². The van der Waals surface area contributed by atoms with Crippen LogP contribution in [0.1, 0.15) is 19.3 Å². The van der Waals surface area contributed by atoms with Crippen LogP contribution in [0.2, 0.25) is 0 Å². The Morgan fingerprint density at radius 2 is 2.27 bits per heavy atom. The van der Waals surface area contributed by atoms with Crippen LogP contribution in [0.3, 0.4) is 0 Å². The maximum absolute atomic E-state index is 11.3. The van der Waals surface area contributed by atoms with Crippen molar-refractivity contribution in [3.63, 3.8) is 0 Å². The van der Waals surface area contributed by atoms with Gasteiger partial charge in [0.25, 0.3) is 0 Å². The van der Waals surface area contributed by atoms with Crippen LogP contribution in [0, 0.1) is 0 Å². The van der Waals surface area contributed by atoms with Crippen molar-refractivity contribution in [3.05, 3.63) is 0 Å². The van der Waals surface area contributed by atoms with Crippen molar-refractivity contribution in [1.29, 1.82) is 0 Å². The van der Waals surface area contributed by atoms with Crippen molar-refractivity contribution in [3.8, 4) is 0 Å². The number of nitrogens with two attached hydrogens (primary N) is 1. The number of amides is 1. The first kappa shape index (κ1) is 10.9. The average molecular weight is 213 g/mol. The van der Waals surface area contributed by atoms with E-state index in [-0.39, 0.29) is 24.1 Å². The van der Waals surface area contributed by atoms with Crippen LogP contribution in [0.25, 0.3) is 0 Å². The summed E-state index contributed by atoms with van der Waals surface area (Å²) in [6.45, 7) is 2.28. The molecule has 0 spiro atoms.